The first-order valence-electron chi connectivity index (χ1n) is 7.50. The van der Waals surface area contributed by atoms with Gasteiger partial charge >= 0.3 is 0 Å². The summed E-state index contributed by atoms with van der Waals surface area (Å²) in [5.74, 6) is 1.32. The molecule has 2 aromatic rings. The first kappa shape index (κ1) is 18.2. The molecule has 2 heterocycles. The van der Waals surface area contributed by atoms with Gasteiger partial charge in [-0.1, -0.05) is 35.0 Å². The Labute approximate surface area is 147 Å². The molecule has 1 N–H and O–H groups in total. The van der Waals surface area contributed by atoms with Gasteiger partial charge in [-0.05, 0) is 32.5 Å². The van der Waals surface area contributed by atoms with Crippen LogP contribution in [0.25, 0.3) is 0 Å². The first-order chi connectivity index (χ1) is 10.5. The fraction of sp³-hybridized carbons (Fsp3) is 0.500. The Bertz CT molecular complexity index is 659. The van der Waals surface area contributed by atoms with E-state index in [2.05, 4.69) is 27.4 Å². The van der Waals surface area contributed by atoms with E-state index in [0.29, 0.717) is 10.9 Å². The third kappa shape index (κ3) is 3.53. The molecule has 0 amide bonds. The van der Waals surface area contributed by atoms with Gasteiger partial charge in [0.15, 0.2) is 5.82 Å². The monoisotopic (exact) mass is 356 g/mol. The normalized spacial score (nSPS) is 19.4. The fourth-order valence-electron chi connectivity index (χ4n) is 2.80. The van der Waals surface area contributed by atoms with Crippen molar-refractivity contribution in [1.29, 1.82) is 0 Å². The van der Waals surface area contributed by atoms with Gasteiger partial charge in [0, 0.05) is 24.7 Å². The largest absolute Gasteiger partial charge is 0.338 e. The number of likely N-dealkylation sites (N-methyl/N-ethyl adjacent to an activating group) is 1. The van der Waals surface area contributed by atoms with E-state index < -0.39 is 5.41 Å². The summed E-state index contributed by atoms with van der Waals surface area (Å²) < 4.78 is 5.57. The Kier molecular flexibility index (Phi) is 5.68. The van der Waals surface area contributed by atoms with Crippen LogP contribution in [0, 0.1) is 0 Å². The van der Waals surface area contributed by atoms with Crippen molar-refractivity contribution in [2.75, 3.05) is 26.7 Å². The summed E-state index contributed by atoms with van der Waals surface area (Å²) in [6, 6.07) is 7.92. The van der Waals surface area contributed by atoms with Crippen LogP contribution in [0.3, 0.4) is 0 Å². The molecule has 126 valence electrons. The SMILES string of the molecule is CN1CCNCC1c1noc(C(C)(C)c2ccccc2Cl)n1.Cl. The molecule has 0 radical (unpaired) electrons. The van der Waals surface area contributed by atoms with E-state index in [1.807, 2.05) is 38.1 Å². The van der Waals surface area contributed by atoms with Gasteiger partial charge in [0.1, 0.15) is 0 Å². The molecule has 0 bridgehead atoms. The fourth-order valence-corrected chi connectivity index (χ4v) is 3.17. The van der Waals surface area contributed by atoms with Crippen molar-refractivity contribution >= 4 is 24.0 Å². The number of hydrogen-bond acceptors (Lipinski definition) is 5. The van der Waals surface area contributed by atoms with Crippen molar-refractivity contribution in [3.05, 3.63) is 46.6 Å². The van der Waals surface area contributed by atoms with E-state index in [-0.39, 0.29) is 18.4 Å². The number of piperazine rings is 1. The number of rotatable bonds is 3. The van der Waals surface area contributed by atoms with E-state index in [4.69, 9.17) is 16.1 Å². The van der Waals surface area contributed by atoms with Crippen molar-refractivity contribution in [2.24, 2.45) is 0 Å². The third-order valence-electron chi connectivity index (χ3n) is 4.33. The number of hydrogen-bond donors (Lipinski definition) is 1. The van der Waals surface area contributed by atoms with Crippen LogP contribution in [0.15, 0.2) is 28.8 Å². The summed E-state index contributed by atoms with van der Waals surface area (Å²) in [6.07, 6.45) is 0. The summed E-state index contributed by atoms with van der Waals surface area (Å²) in [5, 5.41) is 8.28. The van der Waals surface area contributed by atoms with Crippen LogP contribution in [0.2, 0.25) is 5.02 Å². The smallest absolute Gasteiger partial charge is 0.236 e. The summed E-state index contributed by atoms with van der Waals surface area (Å²) in [6.45, 7) is 6.90. The molecular formula is C16H22Cl2N4O. The van der Waals surface area contributed by atoms with Crippen molar-refractivity contribution in [3.63, 3.8) is 0 Å². The van der Waals surface area contributed by atoms with E-state index in [9.17, 15) is 0 Å². The van der Waals surface area contributed by atoms with Crippen LogP contribution in [0.1, 0.15) is 37.2 Å². The third-order valence-corrected chi connectivity index (χ3v) is 4.66. The van der Waals surface area contributed by atoms with E-state index in [1.165, 1.54) is 0 Å². The molecule has 0 saturated carbocycles. The lowest BCUT2D eigenvalue weighted by molar-refractivity contribution is 0.190. The van der Waals surface area contributed by atoms with Crippen molar-refractivity contribution in [1.82, 2.24) is 20.4 Å². The minimum absolute atomic E-state index is 0. The molecule has 23 heavy (non-hydrogen) atoms. The van der Waals surface area contributed by atoms with Crippen LogP contribution in [0.5, 0.6) is 0 Å². The van der Waals surface area contributed by atoms with Crippen LogP contribution >= 0.6 is 24.0 Å². The average Bonchev–Trinajstić information content (AvgIpc) is 2.98. The first-order valence-corrected chi connectivity index (χ1v) is 7.88. The lowest BCUT2D eigenvalue weighted by atomic mass is 9.84. The van der Waals surface area contributed by atoms with Gasteiger partial charge in [-0.3, -0.25) is 4.90 Å². The zero-order chi connectivity index (χ0) is 15.7. The zero-order valence-corrected chi connectivity index (χ0v) is 15.1. The molecule has 1 aromatic carbocycles. The Balaban J connectivity index is 0.00000192. The quantitative estimate of drug-likeness (QED) is 0.915. The highest BCUT2D eigenvalue weighted by atomic mass is 35.5. The summed E-state index contributed by atoms with van der Waals surface area (Å²) in [5.41, 5.74) is 0.562. The minimum atomic E-state index is -0.426. The second-order valence-electron chi connectivity index (χ2n) is 6.26. The number of benzene rings is 1. The predicted molar refractivity (Wildman–Crippen MR) is 93.4 cm³/mol. The molecule has 1 fully saturated rings. The molecule has 1 saturated heterocycles. The van der Waals surface area contributed by atoms with Crippen LogP contribution < -0.4 is 5.32 Å². The Hall–Kier alpha value is -1.14. The molecule has 0 aliphatic carbocycles. The highest BCUT2D eigenvalue weighted by Gasteiger charge is 2.33. The van der Waals surface area contributed by atoms with Gasteiger partial charge in [0.25, 0.3) is 0 Å². The second-order valence-corrected chi connectivity index (χ2v) is 6.67. The Morgan fingerprint density at radius 2 is 2.09 bits per heavy atom. The molecular weight excluding hydrogens is 335 g/mol. The maximum absolute atomic E-state index is 6.33. The lowest BCUT2D eigenvalue weighted by Gasteiger charge is -2.30. The van der Waals surface area contributed by atoms with Crippen molar-refractivity contribution < 1.29 is 4.52 Å². The van der Waals surface area contributed by atoms with Gasteiger partial charge in [0.2, 0.25) is 5.89 Å². The van der Waals surface area contributed by atoms with Crippen LogP contribution in [0.4, 0.5) is 0 Å². The molecule has 1 aromatic heterocycles. The molecule has 0 spiro atoms. The van der Waals surface area contributed by atoms with Crippen LogP contribution in [-0.4, -0.2) is 41.7 Å². The van der Waals surface area contributed by atoms with Crippen LogP contribution in [-0.2, 0) is 5.41 Å². The minimum Gasteiger partial charge on any atom is -0.338 e. The van der Waals surface area contributed by atoms with E-state index >= 15 is 0 Å². The second kappa shape index (κ2) is 7.18. The number of halogens is 2. The van der Waals surface area contributed by atoms with Gasteiger partial charge in [-0.15, -0.1) is 12.4 Å². The molecule has 5 nitrogen and oxygen atoms in total. The maximum Gasteiger partial charge on any atom is 0.236 e. The van der Waals surface area contributed by atoms with Gasteiger partial charge < -0.3 is 9.84 Å². The van der Waals surface area contributed by atoms with Crippen molar-refractivity contribution in [3.8, 4) is 0 Å². The zero-order valence-electron chi connectivity index (χ0n) is 13.5. The van der Waals surface area contributed by atoms with Gasteiger partial charge in [-0.2, -0.15) is 4.98 Å². The van der Waals surface area contributed by atoms with Gasteiger partial charge in [0.05, 0.1) is 11.5 Å². The van der Waals surface area contributed by atoms with E-state index in [1.54, 1.807) is 0 Å². The highest BCUT2D eigenvalue weighted by Crippen LogP contribution is 2.35. The average molecular weight is 357 g/mol. The van der Waals surface area contributed by atoms with E-state index in [0.717, 1.165) is 31.0 Å². The molecule has 1 aliphatic rings. The summed E-state index contributed by atoms with van der Waals surface area (Å²) in [4.78, 5) is 6.90. The standard InChI is InChI=1S/C16H21ClN4O.ClH/c1-16(2,11-6-4-5-7-12(11)17)15-19-14(20-22-15)13-10-18-8-9-21(13)3;/h4-7,13,18H,8-10H2,1-3H3;1H. The molecule has 1 atom stereocenters. The van der Waals surface area contributed by atoms with Gasteiger partial charge in [-0.25, -0.2) is 0 Å². The summed E-state index contributed by atoms with van der Waals surface area (Å²) in [7, 11) is 2.08. The summed E-state index contributed by atoms with van der Waals surface area (Å²) >= 11 is 6.33. The molecule has 1 unspecified atom stereocenters. The number of nitrogens with one attached hydrogen (secondary N) is 1. The number of aromatic nitrogens is 2. The Morgan fingerprint density at radius 3 is 2.78 bits per heavy atom. The molecule has 1 aliphatic heterocycles. The molecule has 7 heteroatoms. The molecule has 3 rings (SSSR count). The lowest BCUT2D eigenvalue weighted by Crippen LogP contribution is -2.44. The number of nitrogens with zero attached hydrogens (tertiary/aromatic N) is 3. The van der Waals surface area contributed by atoms with Crippen molar-refractivity contribution in [2.45, 2.75) is 25.3 Å². The maximum atomic E-state index is 6.33. The topological polar surface area (TPSA) is 54.2 Å². The Morgan fingerprint density at radius 1 is 1.35 bits per heavy atom. The highest BCUT2D eigenvalue weighted by molar-refractivity contribution is 6.31. The predicted octanol–water partition coefficient (Wildman–Crippen LogP) is 3.05.